The van der Waals surface area contributed by atoms with E-state index in [0.29, 0.717) is 42.1 Å². The van der Waals surface area contributed by atoms with Gasteiger partial charge in [0.15, 0.2) is 11.6 Å². The van der Waals surface area contributed by atoms with Crippen molar-refractivity contribution in [3.63, 3.8) is 0 Å². The number of alkyl halides is 3. The second-order valence-corrected chi connectivity index (χ2v) is 9.22. The third kappa shape index (κ3) is 8.13. The Labute approximate surface area is 224 Å². The number of carbonyl (C=O) groups excluding carboxylic acids is 1. The molecule has 0 bridgehead atoms. The summed E-state index contributed by atoms with van der Waals surface area (Å²) in [5.41, 5.74) is 2.36. The van der Waals surface area contributed by atoms with E-state index in [9.17, 15) is 18.0 Å². The number of anilines is 1. The van der Waals surface area contributed by atoms with Crippen LogP contribution in [0.25, 0.3) is 11.1 Å². The summed E-state index contributed by atoms with van der Waals surface area (Å²) >= 11 is 0. The molecule has 0 saturated carbocycles. The molecule has 4 rings (SSSR count). The largest absolute Gasteiger partial charge is 0.491 e. The predicted octanol–water partition coefficient (Wildman–Crippen LogP) is 6.75. The van der Waals surface area contributed by atoms with Crippen LogP contribution in [0.3, 0.4) is 0 Å². The Kier molecular flexibility index (Phi) is 9.30. The number of ketones is 1. The molecule has 1 atom stereocenters. The highest BCUT2D eigenvalue weighted by molar-refractivity contribution is 5.96. The number of unbranched alkanes of at least 4 members (excludes halogenated alkanes) is 1. The molecular weight excluding hydrogens is 507 g/mol. The number of benzene rings is 3. The van der Waals surface area contributed by atoms with Gasteiger partial charge < -0.3 is 10.1 Å². The van der Waals surface area contributed by atoms with Crippen molar-refractivity contribution in [1.82, 2.24) is 20.6 Å². The van der Waals surface area contributed by atoms with E-state index >= 15 is 0 Å². The Balaban J connectivity index is 1.31. The van der Waals surface area contributed by atoms with Crippen molar-refractivity contribution in [2.45, 2.75) is 51.2 Å². The number of aromatic nitrogens is 4. The maximum atomic E-state index is 12.8. The van der Waals surface area contributed by atoms with Crippen LogP contribution >= 0.6 is 0 Å². The summed E-state index contributed by atoms with van der Waals surface area (Å²) in [5, 5.41) is 17.1. The van der Waals surface area contributed by atoms with Gasteiger partial charge in [-0.3, -0.25) is 4.79 Å². The van der Waals surface area contributed by atoms with E-state index in [1.54, 1.807) is 12.1 Å². The SMILES string of the molecule is CCCC[C@@H](COc1ccc(-c2ccc(C(F)(F)F)cc2)cc1)Nc1ccc(C(=O)CCc2nn[nH]n2)cc1. The van der Waals surface area contributed by atoms with E-state index in [1.165, 1.54) is 12.1 Å². The van der Waals surface area contributed by atoms with E-state index < -0.39 is 11.7 Å². The Morgan fingerprint density at radius 3 is 2.23 bits per heavy atom. The lowest BCUT2D eigenvalue weighted by Crippen LogP contribution is -2.27. The molecule has 0 fully saturated rings. The number of rotatable bonds is 13. The van der Waals surface area contributed by atoms with Crippen molar-refractivity contribution in [1.29, 1.82) is 0 Å². The van der Waals surface area contributed by atoms with E-state index in [0.717, 1.165) is 42.6 Å². The second kappa shape index (κ2) is 13.0. The van der Waals surface area contributed by atoms with E-state index in [1.807, 2.05) is 36.4 Å². The molecule has 0 aliphatic heterocycles. The number of tetrazole rings is 1. The van der Waals surface area contributed by atoms with Crippen molar-refractivity contribution in [3.05, 3.63) is 89.7 Å². The number of halogens is 3. The van der Waals surface area contributed by atoms with Crippen molar-refractivity contribution < 1.29 is 22.7 Å². The lowest BCUT2D eigenvalue weighted by Gasteiger charge is -2.21. The van der Waals surface area contributed by atoms with Gasteiger partial charge in [0.1, 0.15) is 12.4 Å². The molecule has 4 aromatic rings. The molecule has 2 N–H and O–H groups in total. The third-order valence-electron chi connectivity index (χ3n) is 6.30. The molecule has 204 valence electrons. The van der Waals surface area contributed by atoms with Gasteiger partial charge in [0.05, 0.1) is 11.6 Å². The van der Waals surface area contributed by atoms with E-state index in [2.05, 4.69) is 32.9 Å². The highest BCUT2D eigenvalue weighted by Gasteiger charge is 2.29. The summed E-state index contributed by atoms with van der Waals surface area (Å²) < 4.78 is 44.5. The number of hydrogen-bond acceptors (Lipinski definition) is 6. The van der Waals surface area contributed by atoms with Gasteiger partial charge in [-0.25, -0.2) is 0 Å². The van der Waals surface area contributed by atoms with Gasteiger partial charge in [0, 0.05) is 24.1 Å². The molecule has 3 aromatic carbocycles. The summed E-state index contributed by atoms with van der Waals surface area (Å²) in [6.07, 6.45) is -0.636. The third-order valence-corrected chi connectivity index (χ3v) is 6.30. The maximum Gasteiger partial charge on any atom is 0.416 e. The normalized spacial score (nSPS) is 12.2. The van der Waals surface area contributed by atoms with Crippen molar-refractivity contribution in [3.8, 4) is 16.9 Å². The Bertz CT molecular complexity index is 1310. The van der Waals surface area contributed by atoms with Crippen LogP contribution < -0.4 is 10.1 Å². The van der Waals surface area contributed by atoms with Crippen LogP contribution in [0.4, 0.5) is 18.9 Å². The summed E-state index contributed by atoms with van der Waals surface area (Å²) in [4.78, 5) is 12.5. The van der Waals surface area contributed by atoms with Crippen LogP contribution in [-0.2, 0) is 12.6 Å². The minimum absolute atomic E-state index is 0.0111. The molecule has 0 spiro atoms. The number of nitrogens with one attached hydrogen (secondary N) is 2. The van der Waals surface area contributed by atoms with Gasteiger partial charge in [0.25, 0.3) is 0 Å². The van der Waals surface area contributed by atoms with E-state index in [-0.39, 0.29) is 11.8 Å². The first-order valence-electron chi connectivity index (χ1n) is 12.8. The van der Waals surface area contributed by atoms with Gasteiger partial charge in [-0.1, -0.05) is 49.2 Å². The van der Waals surface area contributed by atoms with Gasteiger partial charge in [0.2, 0.25) is 0 Å². The zero-order valence-corrected chi connectivity index (χ0v) is 21.5. The number of ether oxygens (including phenoxy) is 1. The maximum absolute atomic E-state index is 12.8. The van der Waals surface area contributed by atoms with Crippen LogP contribution in [-0.4, -0.2) is 39.1 Å². The van der Waals surface area contributed by atoms with Gasteiger partial charge in [-0.05, 0) is 66.1 Å². The van der Waals surface area contributed by atoms with Crippen molar-refractivity contribution >= 4 is 11.5 Å². The number of Topliss-reactive ketones (excluding diaryl/α,β-unsaturated/α-hetero) is 1. The van der Waals surface area contributed by atoms with Gasteiger partial charge in [-0.15, -0.1) is 10.2 Å². The van der Waals surface area contributed by atoms with Crippen LogP contribution in [0.1, 0.15) is 54.4 Å². The summed E-state index contributed by atoms with van der Waals surface area (Å²) in [7, 11) is 0. The van der Waals surface area contributed by atoms with Crippen LogP contribution in [0, 0.1) is 0 Å². The minimum atomic E-state index is -4.35. The number of aromatic amines is 1. The smallest absolute Gasteiger partial charge is 0.416 e. The first-order valence-corrected chi connectivity index (χ1v) is 12.8. The first kappa shape index (κ1) is 27.8. The number of hydrogen-bond donors (Lipinski definition) is 2. The fraction of sp³-hybridized carbons (Fsp3) is 0.310. The Morgan fingerprint density at radius 2 is 1.64 bits per heavy atom. The molecule has 0 amide bonds. The highest BCUT2D eigenvalue weighted by Crippen LogP contribution is 2.31. The number of aryl methyl sites for hydroxylation is 1. The number of H-pyrrole nitrogens is 1. The lowest BCUT2D eigenvalue weighted by atomic mass is 10.0. The fourth-order valence-electron chi connectivity index (χ4n) is 4.09. The minimum Gasteiger partial charge on any atom is -0.491 e. The van der Waals surface area contributed by atoms with Gasteiger partial charge >= 0.3 is 6.18 Å². The predicted molar refractivity (Wildman–Crippen MR) is 143 cm³/mol. The number of carbonyl (C=O) groups is 1. The molecule has 1 heterocycles. The Morgan fingerprint density at radius 1 is 0.974 bits per heavy atom. The van der Waals surface area contributed by atoms with Crippen molar-refractivity contribution in [2.75, 3.05) is 11.9 Å². The standard InChI is InChI=1S/C29H30F3N5O2/c1-2-3-4-25(33-24-13-7-22(8-14-24)27(38)17-18-28-34-36-37-35-28)19-39-26-15-9-21(10-16-26)20-5-11-23(12-6-20)29(30,31)32/h5-16,25,33H,2-4,17-19H2,1H3,(H,34,35,36,37)/t25-/m0/s1. The number of nitrogens with zero attached hydrogens (tertiary/aromatic N) is 3. The molecule has 0 unspecified atom stereocenters. The lowest BCUT2D eigenvalue weighted by molar-refractivity contribution is -0.137. The first-order chi connectivity index (χ1) is 18.8. The monoisotopic (exact) mass is 537 g/mol. The zero-order valence-electron chi connectivity index (χ0n) is 21.5. The Hall–Kier alpha value is -4.21. The fourth-order valence-corrected chi connectivity index (χ4v) is 4.09. The zero-order chi connectivity index (χ0) is 27.7. The molecule has 7 nitrogen and oxygen atoms in total. The van der Waals surface area contributed by atoms with Crippen LogP contribution in [0.2, 0.25) is 0 Å². The molecule has 10 heteroatoms. The topological polar surface area (TPSA) is 92.8 Å². The molecule has 0 aliphatic carbocycles. The quantitative estimate of drug-likeness (QED) is 0.183. The molecule has 0 aliphatic rings. The molecule has 39 heavy (non-hydrogen) atoms. The average Bonchev–Trinajstić information content (AvgIpc) is 3.47. The average molecular weight is 538 g/mol. The van der Waals surface area contributed by atoms with Crippen molar-refractivity contribution in [2.24, 2.45) is 0 Å². The van der Waals surface area contributed by atoms with Crippen LogP contribution in [0.15, 0.2) is 72.8 Å². The summed E-state index contributed by atoms with van der Waals surface area (Å²) in [5.74, 6) is 1.20. The summed E-state index contributed by atoms with van der Waals surface area (Å²) in [6, 6.07) is 19.9. The highest BCUT2D eigenvalue weighted by atomic mass is 19.4. The molecule has 0 saturated heterocycles. The molecule has 0 radical (unpaired) electrons. The van der Waals surface area contributed by atoms with E-state index in [4.69, 9.17) is 4.74 Å². The van der Waals surface area contributed by atoms with Gasteiger partial charge in [-0.2, -0.15) is 18.4 Å². The molecule has 1 aromatic heterocycles. The summed E-state index contributed by atoms with van der Waals surface area (Å²) in [6.45, 7) is 2.57. The second-order valence-electron chi connectivity index (χ2n) is 9.22. The molecular formula is C29H30F3N5O2. The van der Waals surface area contributed by atoms with Crippen LogP contribution in [0.5, 0.6) is 5.75 Å².